The van der Waals surface area contributed by atoms with E-state index in [9.17, 15) is 0 Å². The monoisotopic (exact) mass is 418 g/mol. The summed E-state index contributed by atoms with van der Waals surface area (Å²) >= 11 is 0. The van der Waals surface area contributed by atoms with Crippen molar-refractivity contribution in [3.05, 3.63) is 25.0 Å². The van der Waals surface area contributed by atoms with Gasteiger partial charge in [0.05, 0.1) is 12.9 Å². The molecule has 154 valence electrons. The second-order valence-corrected chi connectivity index (χ2v) is 20.8. The SMILES string of the molecule is C=CC=COCCOCCC[Si](C)(C)O[Si](C)(C)O[Si](C)(C)CCCC. The summed E-state index contributed by atoms with van der Waals surface area (Å²) in [6, 6.07) is 2.32. The Morgan fingerprint density at radius 3 is 1.92 bits per heavy atom. The highest BCUT2D eigenvalue weighted by atomic mass is 28.5. The van der Waals surface area contributed by atoms with Gasteiger partial charge >= 0.3 is 8.56 Å². The summed E-state index contributed by atoms with van der Waals surface area (Å²) in [5.41, 5.74) is 0. The Bertz CT molecular complexity index is 410. The van der Waals surface area contributed by atoms with Crippen molar-refractivity contribution < 1.29 is 17.7 Å². The van der Waals surface area contributed by atoms with Crippen LogP contribution in [0.25, 0.3) is 0 Å². The summed E-state index contributed by atoms with van der Waals surface area (Å²) in [5.74, 6) is 0. The molecule has 0 aromatic rings. The summed E-state index contributed by atoms with van der Waals surface area (Å²) in [6.45, 7) is 21.5. The van der Waals surface area contributed by atoms with E-state index < -0.39 is 25.2 Å². The summed E-state index contributed by atoms with van der Waals surface area (Å²) < 4.78 is 24.1. The number of unbranched alkanes of at least 4 members (excludes halogenated alkanes) is 1. The highest BCUT2D eigenvalue weighted by molar-refractivity contribution is 6.87. The lowest BCUT2D eigenvalue weighted by Gasteiger charge is -2.38. The van der Waals surface area contributed by atoms with Crippen LogP contribution in [0.2, 0.25) is 51.4 Å². The van der Waals surface area contributed by atoms with Gasteiger partial charge in [-0.2, -0.15) is 0 Å². The molecule has 0 saturated carbocycles. The molecule has 0 N–H and O–H groups in total. The summed E-state index contributed by atoms with van der Waals surface area (Å²) in [5, 5.41) is 0. The second-order valence-electron chi connectivity index (χ2n) is 8.38. The van der Waals surface area contributed by atoms with Crippen molar-refractivity contribution >= 4 is 25.2 Å². The van der Waals surface area contributed by atoms with Gasteiger partial charge in [0.2, 0.25) is 0 Å². The molecule has 0 aliphatic carbocycles. The molecule has 0 spiro atoms. The topological polar surface area (TPSA) is 36.9 Å². The molecule has 26 heavy (non-hydrogen) atoms. The van der Waals surface area contributed by atoms with Crippen LogP contribution in [-0.2, 0) is 17.7 Å². The molecule has 7 heteroatoms. The Morgan fingerprint density at radius 1 is 0.808 bits per heavy atom. The van der Waals surface area contributed by atoms with Gasteiger partial charge in [-0.15, -0.1) is 0 Å². The van der Waals surface area contributed by atoms with Gasteiger partial charge in [-0.3, -0.25) is 0 Å². The lowest BCUT2D eigenvalue weighted by Crippen LogP contribution is -2.52. The van der Waals surface area contributed by atoms with Crippen molar-refractivity contribution in [2.45, 2.75) is 77.6 Å². The van der Waals surface area contributed by atoms with Crippen LogP contribution in [0.4, 0.5) is 0 Å². The first kappa shape index (κ1) is 25.8. The quantitative estimate of drug-likeness (QED) is 0.132. The van der Waals surface area contributed by atoms with Crippen molar-refractivity contribution in [2.24, 2.45) is 0 Å². The molecule has 0 heterocycles. The maximum absolute atomic E-state index is 6.60. The number of rotatable bonds is 16. The van der Waals surface area contributed by atoms with Crippen LogP contribution >= 0.6 is 0 Å². The van der Waals surface area contributed by atoms with Gasteiger partial charge in [-0.05, 0) is 63.9 Å². The molecule has 0 rings (SSSR count). The molecule has 0 unspecified atom stereocenters. The van der Waals surface area contributed by atoms with Gasteiger partial charge in [-0.25, -0.2) is 0 Å². The standard InChI is InChI=1S/C19H42O4Si3/c1-9-11-14-20-16-17-21-15-13-19-25(5,6)23-26(7,8)22-24(3,4)18-12-10-2/h9,11,14H,1,10,12-13,15-19H2,2-8H3. The van der Waals surface area contributed by atoms with Gasteiger partial charge in [-0.1, -0.05) is 32.4 Å². The molecule has 0 radical (unpaired) electrons. The Balaban J connectivity index is 4.10. The Labute approximate surface area is 165 Å². The van der Waals surface area contributed by atoms with E-state index in [2.05, 4.69) is 52.8 Å². The Hall–Kier alpha value is -0.189. The highest BCUT2D eigenvalue weighted by Crippen LogP contribution is 2.26. The fourth-order valence-electron chi connectivity index (χ4n) is 3.04. The lowest BCUT2D eigenvalue weighted by molar-refractivity contribution is 0.0849. The van der Waals surface area contributed by atoms with Crippen LogP contribution < -0.4 is 0 Å². The zero-order chi connectivity index (χ0) is 20.1. The van der Waals surface area contributed by atoms with Crippen molar-refractivity contribution in [3.63, 3.8) is 0 Å². The molecule has 0 bridgehead atoms. The fraction of sp³-hybridized carbons (Fsp3) is 0.789. The fourth-order valence-corrected chi connectivity index (χ4v) is 17.2. The molecule has 0 aliphatic heterocycles. The predicted molar refractivity (Wildman–Crippen MR) is 120 cm³/mol. The minimum absolute atomic E-state index is 0.576. The van der Waals surface area contributed by atoms with Crippen LogP contribution in [0.15, 0.2) is 25.0 Å². The maximum atomic E-state index is 6.60. The summed E-state index contributed by atoms with van der Waals surface area (Å²) in [4.78, 5) is 0. The molecule has 4 nitrogen and oxygen atoms in total. The average molecular weight is 419 g/mol. The summed E-state index contributed by atoms with van der Waals surface area (Å²) in [6.07, 6.45) is 8.62. The highest BCUT2D eigenvalue weighted by Gasteiger charge is 2.39. The Morgan fingerprint density at radius 2 is 1.38 bits per heavy atom. The first-order chi connectivity index (χ1) is 12.0. The third-order valence-corrected chi connectivity index (χ3v) is 15.4. The molecule has 0 aromatic carbocycles. The van der Waals surface area contributed by atoms with E-state index in [-0.39, 0.29) is 0 Å². The van der Waals surface area contributed by atoms with Crippen LogP contribution in [0.3, 0.4) is 0 Å². The third kappa shape index (κ3) is 14.9. The number of ether oxygens (including phenoxy) is 2. The normalized spacial score (nSPS) is 13.3. The number of hydrogen-bond acceptors (Lipinski definition) is 4. The molecule has 0 amide bonds. The summed E-state index contributed by atoms with van der Waals surface area (Å²) in [7, 11) is -5.42. The molecular weight excluding hydrogens is 376 g/mol. The second kappa shape index (κ2) is 13.1. The van der Waals surface area contributed by atoms with Crippen LogP contribution in [-0.4, -0.2) is 45.0 Å². The van der Waals surface area contributed by atoms with Gasteiger partial charge in [0.15, 0.2) is 16.6 Å². The smallest absolute Gasteiger partial charge is 0.311 e. The van der Waals surface area contributed by atoms with Gasteiger partial charge < -0.3 is 17.7 Å². The number of allylic oxidation sites excluding steroid dienone is 2. The molecule has 0 atom stereocenters. The minimum Gasteiger partial charge on any atom is -0.499 e. The molecular formula is C19H42O4Si3. The van der Waals surface area contributed by atoms with E-state index in [0.717, 1.165) is 19.1 Å². The van der Waals surface area contributed by atoms with Crippen molar-refractivity contribution in [1.29, 1.82) is 0 Å². The van der Waals surface area contributed by atoms with E-state index in [0.29, 0.717) is 13.2 Å². The minimum atomic E-state index is -2.07. The largest absolute Gasteiger partial charge is 0.499 e. The van der Waals surface area contributed by atoms with Crippen molar-refractivity contribution in [3.8, 4) is 0 Å². The van der Waals surface area contributed by atoms with E-state index in [1.807, 2.05) is 0 Å². The molecule has 0 saturated heterocycles. The third-order valence-electron chi connectivity index (χ3n) is 3.90. The van der Waals surface area contributed by atoms with E-state index in [1.165, 1.54) is 18.9 Å². The zero-order valence-electron chi connectivity index (χ0n) is 18.2. The first-order valence-corrected chi connectivity index (χ1v) is 19.0. The first-order valence-electron chi connectivity index (χ1n) is 9.91. The van der Waals surface area contributed by atoms with Crippen LogP contribution in [0.1, 0.15) is 26.2 Å². The molecule has 0 aliphatic rings. The van der Waals surface area contributed by atoms with E-state index in [4.69, 9.17) is 17.7 Å². The van der Waals surface area contributed by atoms with E-state index in [1.54, 1.807) is 18.4 Å². The lowest BCUT2D eigenvalue weighted by atomic mass is 10.4. The van der Waals surface area contributed by atoms with Crippen molar-refractivity contribution in [1.82, 2.24) is 0 Å². The van der Waals surface area contributed by atoms with Gasteiger partial charge in [0.25, 0.3) is 0 Å². The van der Waals surface area contributed by atoms with Crippen molar-refractivity contribution in [2.75, 3.05) is 19.8 Å². The molecule has 0 fully saturated rings. The number of hydrogen-bond donors (Lipinski definition) is 0. The van der Waals surface area contributed by atoms with E-state index >= 15 is 0 Å². The van der Waals surface area contributed by atoms with Crippen LogP contribution in [0.5, 0.6) is 0 Å². The molecule has 0 aromatic heterocycles. The zero-order valence-corrected chi connectivity index (χ0v) is 21.2. The van der Waals surface area contributed by atoms with Gasteiger partial charge in [0.1, 0.15) is 6.61 Å². The maximum Gasteiger partial charge on any atom is 0.311 e. The van der Waals surface area contributed by atoms with Gasteiger partial charge in [0, 0.05) is 6.61 Å². The van der Waals surface area contributed by atoms with Crippen LogP contribution in [0, 0.1) is 0 Å². The average Bonchev–Trinajstić information content (AvgIpc) is 2.49. The Kier molecular flexibility index (Phi) is 13.0. The predicted octanol–water partition coefficient (Wildman–Crippen LogP) is 6.05.